The molecule has 0 aromatic carbocycles. The molecule has 0 bridgehead atoms. The number of hydrogen-bond donors (Lipinski definition) is 1. The number of thiazole rings is 1. The van der Waals surface area contributed by atoms with E-state index in [0.29, 0.717) is 6.04 Å². The lowest BCUT2D eigenvalue weighted by Crippen LogP contribution is -2.38. The predicted octanol–water partition coefficient (Wildman–Crippen LogP) is 2.17. The van der Waals surface area contributed by atoms with Gasteiger partial charge < -0.3 is 10.2 Å². The predicted molar refractivity (Wildman–Crippen MR) is 68.2 cm³/mol. The van der Waals surface area contributed by atoms with Crippen molar-refractivity contribution in [1.82, 2.24) is 10.3 Å². The van der Waals surface area contributed by atoms with E-state index in [1.54, 1.807) is 11.3 Å². The van der Waals surface area contributed by atoms with Crippen molar-refractivity contribution >= 4 is 16.5 Å². The quantitative estimate of drug-likeness (QED) is 0.870. The van der Waals surface area contributed by atoms with Crippen molar-refractivity contribution < 1.29 is 0 Å². The molecule has 16 heavy (non-hydrogen) atoms. The molecule has 1 aliphatic carbocycles. The van der Waals surface area contributed by atoms with Crippen molar-refractivity contribution in [2.45, 2.75) is 44.7 Å². The maximum absolute atomic E-state index is 4.60. The van der Waals surface area contributed by atoms with Crippen molar-refractivity contribution in [2.24, 2.45) is 0 Å². The molecule has 1 atom stereocenters. The zero-order chi connectivity index (χ0) is 11.0. The summed E-state index contributed by atoms with van der Waals surface area (Å²) in [5.41, 5.74) is 1.15. The Morgan fingerprint density at radius 1 is 1.50 bits per heavy atom. The van der Waals surface area contributed by atoms with E-state index in [-0.39, 0.29) is 0 Å². The number of rotatable bonds is 4. The van der Waals surface area contributed by atoms with Crippen molar-refractivity contribution in [1.29, 1.82) is 0 Å². The molecule has 3 nitrogen and oxygen atoms in total. The Morgan fingerprint density at radius 3 is 3.06 bits per heavy atom. The van der Waals surface area contributed by atoms with Crippen molar-refractivity contribution in [3.8, 4) is 0 Å². The van der Waals surface area contributed by atoms with Crippen molar-refractivity contribution in [2.75, 3.05) is 18.0 Å². The Bertz CT molecular complexity index is 359. The van der Waals surface area contributed by atoms with E-state index in [1.165, 1.54) is 37.4 Å². The summed E-state index contributed by atoms with van der Waals surface area (Å²) in [6, 6.07) is 1.49. The Hall–Kier alpha value is -0.610. The van der Waals surface area contributed by atoms with Gasteiger partial charge in [0.05, 0.1) is 5.69 Å². The molecule has 88 valence electrons. The van der Waals surface area contributed by atoms with Gasteiger partial charge in [-0.05, 0) is 32.6 Å². The van der Waals surface area contributed by atoms with Gasteiger partial charge in [-0.15, -0.1) is 11.3 Å². The topological polar surface area (TPSA) is 28.2 Å². The fourth-order valence-electron chi connectivity index (χ4n) is 2.36. The summed E-state index contributed by atoms with van der Waals surface area (Å²) in [6.07, 6.45) is 5.39. The molecule has 1 aromatic rings. The van der Waals surface area contributed by atoms with Gasteiger partial charge >= 0.3 is 0 Å². The van der Waals surface area contributed by atoms with Crippen LogP contribution in [0.25, 0.3) is 0 Å². The minimum Gasteiger partial charge on any atom is -0.344 e. The first-order chi connectivity index (χ1) is 7.83. The minimum atomic E-state index is 0.672. The maximum Gasteiger partial charge on any atom is 0.185 e. The second-order valence-electron chi connectivity index (χ2n) is 4.94. The van der Waals surface area contributed by atoms with E-state index >= 15 is 0 Å². The largest absolute Gasteiger partial charge is 0.344 e. The Morgan fingerprint density at radius 2 is 2.38 bits per heavy atom. The Balaban J connectivity index is 1.63. The average Bonchev–Trinajstić information content (AvgIpc) is 2.82. The van der Waals surface area contributed by atoms with E-state index in [0.717, 1.165) is 18.3 Å². The van der Waals surface area contributed by atoms with Gasteiger partial charge in [0.2, 0.25) is 0 Å². The highest BCUT2D eigenvalue weighted by atomic mass is 32.1. The zero-order valence-corrected chi connectivity index (χ0v) is 10.6. The van der Waals surface area contributed by atoms with E-state index in [1.807, 2.05) is 0 Å². The number of anilines is 1. The van der Waals surface area contributed by atoms with E-state index in [2.05, 4.69) is 27.5 Å². The summed E-state index contributed by atoms with van der Waals surface area (Å²) in [4.78, 5) is 7.10. The molecule has 1 N–H and O–H groups in total. The normalized spacial score (nSPS) is 25.3. The van der Waals surface area contributed by atoms with Crippen LogP contribution in [0.4, 0.5) is 5.13 Å². The lowest BCUT2D eigenvalue weighted by atomic mass is 10.2. The van der Waals surface area contributed by atoms with E-state index in [4.69, 9.17) is 0 Å². The summed E-state index contributed by atoms with van der Waals surface area (Å²) in [7, 11) is 0. The van der Waals surface area contributed by atoms with Crippen LogP contribution in [0.5, 0.6) is 0 Å². The number of nitrogens with zero attached hydrogens (tertiary/aromatic N) is 2. The van der Waals surface area contributed by atoms with Crippen LogP contribution >= 0.6 is 11.3 Å². The molecular weight excluding hydrogens is 218 g/mol. The summed E-state index contributed by atoms with van der Waals surface area (Å²) in [6.45, 7) is 4.40. The van der Waals surface area contributed by atoms with Crippen LogP contribution in [0, 0.1) is 6.92 Å². The van der Waals surface area contributed by atoms with Gasteiger partial charge in [0.1, 0.15) is 0 Å². The summed E-state index contributed by atoms with van der Waals surface area (Å²) >= 11 is 1.79. The highest BCUT2D eigenvalue weighted by molar-refractivity contribution is 7.13. The second-order valence-corrected chi connectivity index (χ2v) is 5.78. The van der Waals surface area contributed by atoms with Gasteiger partial charge in [-0.2, -0.15) is 0 Å². The molecule has 3 rings (SSSR count). The standard InChI is InChI=1S/C12H19N3S/c1-9-8-16-12(14-9)15-6-2-3-11(15)7-13-10-4-5-10/h8,10-11,13H,2-7H2,1H3. The first-order valence-electron chi connectivity index (χ1n) is 6.25. The molecule has 2 heterocycles. The first kappa shape index (κ1) is 10.5. The van der Waals surface area contributed by atoms with Crippen LogP contribution in [0.15, 0.2) is 5.38 Å². The van der Waals surface area contributed by atoms with Gasteiger partial charge in [0.25, 0.3) is 0 Å². The Kier molecular flexibility index (Phi) is 2.86. The van der Waals surface area contributed by atoms with Crippen LogP contribution < -0.4 is 10.2 Å². The lowest BCUT2D eigenvalue weighted by Gasteiger charge is -2.24. The molecule has 0 amide bonds. The molecular formula is C12H19N3S. The molecule has 1 unspecified atom stereocenters. The maximum atomic E-state index is 4.60. The molecule has 0 spiro atoms. The van der Waals surface area contributed by atoms with Gasteiger partial charge in [0.15, 0.2) is 5.13 Å². The highest BCUT2D eigenvalue weighted by Gasteiger charge is 2.29. The van der Waals surface area contributed by atoms with Crippen LogP contribution in [-0.2, 0) is 0 Å². The first-order valence-corrected chi connectivity index (χ1v) is 7.13. The molecule has 0 radical (unpaired) electrons. The summed E-state index contributed by atoms with van der Waals surface area (Å²) in [5.74, 6) is 0. The monoisotopic (exact) mass is 237 g/mol. The minimum absolute atomic E-state index is 0.672. The van der Waals surface area contributed by atoms with Crippen LogP contribution in [-0.4, -0.2) is 30.2 Å². The van der Waals surface area contributed by atoms with Gasteiger partial charge in [-0.25, -0.2) is 4.98 Å². The molecule has 1 saturated carbocycles. The summed E-state index contributed by atoms with van der Waals surface area (Å²) in [5, 5.41) is 7.01. The van der Waals surface area contributed by atoms with Crippen molar-refractivity contribution in [3.63, 3.8) is 0 Å². The third-order valence-electron chi connectivity index (χ3n) is 3.45. The number of hydrogen-bond acceptors (Lipinski definition) is 4. The fraction of sp³-hybridized carbons (Fsp3) is 0.750. The number of nitrogens with one attached hydrogen (secondary N) is 1. The van der Waals surface area contributed by atoms with Crippen LogP contribution in [0.2, 0.25) is 0 Å². The van der Waals surface area contributed by atoms with Gasteiger partial charge in [-0.1, -0.05) is 0 Å². The molecule has 4 heteroatoms. The lowest BCUT2D eigenvalue weighted by molar-refractivity contribution is 0.570. The molecule has 2 aliphatic rings. The number of aromatic nitrogens is 1. The fourth-order valence-corrected chi connectivity index (χ4v) is 3.26. The zero-order valence-electron chi connectivity index (χ0n) is 9.78. The molecule has 1 saturated heterocycles. The Labute approximate surface area is 101 Å². The van der Waals surface area contributed by atoms with Crippen molar-refractivity contribution in [3.05, 3.63) is 11.1 Å². The molecule has 1 aliphatic heterocycles. The van der Waals surface area contributed by atoms with E-state index in [9.17, 15) is 0 Å². The smallest absolute Gasteiger partial charge is 0.185 e. The van der Waals surface area contributed by atoms with Gasteiger partial charge in [-0.3, -0.25) is 0 Å². The summed E-state index contributed by atoms with van der Waals surface area (Å²) < 4.78 is 0. The van der Waals surface area contributed by atoms with Crippen LogP contribution in [0.3, 0.4) is 0 Å². The van der Waals surface area contributed by atoms with Gasteiger partial charge in [0, 0.05) is 30.6 Å². The third-order valence-corrected chi connectivity index (χ3v) is 4.44. The van der Waals surface area contributed by atoms with E-state index < -0.39 is 0 Å². The average molecular weight is 237 g/mol. The SMILES string of the molecule is Cc1csc(N2CCCC2CNC2CC2)n1. The number of aryl methyl sites for hydroxylation is 1. The molecule has 1 aromatic heterocycles. The third kappa shape index (κ3) is 2.23. The van der Waals surface area contributed by atoms with Crippen LogP contribution in [0.1, 0.15) is 31.4 Å². The molecule has 2 fully saturated rings. The second kappa shape index (κ2) is 4.34. The highest BCUT2D eigenvalue weighted by Crippen LogP contribution is 2.28.